The molecule has 2 heterocycles. The first-order valence-electron chi connectivity index (χ1n) is 14.9. The number of aromatic nitrogens is 1. The van der Waals surface area contributed by atoms with Crippen LogP contribution in [-0.2, 0) is 0 Å². The summed E-state index contributed by atoms with van der Waals surface area (Å²) in [4.78, 5) is 6.87. The number of hydrogen-bond acceptors (Lipinski definition) is 3. The third-order valence-corrected chi connectivity index (χ3v) is 8.66. The monoisotopic (exact) mass is 562 g/mol. The number of hydrogen-bond donors (Lipinski definition) is 0. The van der Waals surface area contributed by atoms with Gasteiger partial charge in [-0.25, -0.2) is 4.98 Å². The highest BCUT2D eigenvalue weighted by Gasteiger charge is 2.17. The molecule has 0 aliphatic heterocycles. The number of rotatable bonds is 4. The minimum absolute atomic E-state index is 0.665. The lowest BCUT2D eigenvalue weighted by atomic mass is 9.98. The fourth-order valence-corrected chi connectivity index (χ4v) is 6.55. The molecule has 44 heavy (non-hydrogen) atoms. The molecule has 0 aliphatic rings. The first kappa shape index (κ1) is 24.6. The highest BCUT2D eigenvalue weighted by molar-refractivity contribution is 6.23. The molecule has 0 saturated carbocycles. The molecule has 0 unspecified atom stereocenters. The van der Waals surface area contributed by atoms with Gasteiger partial charge in [0.2, 0.25) is 5.71 Å². The molecule has 0 saturated heterocycles. The predicted molar refractivity (Wildman–Crippen MR) is 184 cm³/mol. The molecule has 3 nitrogen and oxygen atoms in total. The SMILES string of the molecule is c1ccc(-c2cccc(N(c3ccc4ccccc4c3)c3ccc4ccc5ccc6c7cccnc7oc6c5c4c3)c2)cc1. The van der Waals surface area contributed by atoms with Crippen LogP contribution in [0.2, 0.25) is 0 Å². The van der Waals surface area contributed by atoms with Gasteiger partial charge in [-0.2, -0.15) is 0 Å². The zero-order chi connectivity index (χ0) is 29.0. The fraction of sp³-hybridized carbons (Fsp3) is 0. The van der Waals surface area contributed by atoms with E-state index in [1.807, 2.05) is 6.07 Å². The van der Waals surface area contributed by atoms with Crippen molar-refractivity contribution in [2.24, 2.45) is 0 Å². The number of furan rings is 1. The zero-order valence-corrected chi connectivity index (χ0v) is 23.8. The van der Waals surface area contributed by atoms with Crippen LogP contribution in [0.4, 0.5) is 17.1 Å². The summed E-state index contributed by atoms with van der Waals surface area (Å²) in [5.41, 5.74) is 7.19. The lowest BCUT2D eigenvalue weighted by Crippen LogP contribution is -2.10. The van der Waals surface area contributed by atoms with E-state index in [9.17, 15) is 0 Å². The first-order chi connectivity index (χ1) is 21.8. The van der Waals surface area contributed by atoms with E-state index in [1.54, 1.807) is 6.20 Å². The van der Waals surface area contributed by atoms with Crippen LogP contribution in [0.1, 0.15) is 0 Å². The average molecular weight is 563 g/mol. The Kier molecular flexibility index (Phi) is 5.50. The normalized spacial score (nSPS) is 11.6. The third kappa shape index (κ3) is 3.94. The largest absolute Gasteiger partial charge is 0.437 e. The predicted octanol–water partition coefficient (Wildman–Crippen LogP) is 11.6. The van der Waals surface area contributed by atoms with E-state index in [0.717, 1.165) is 49.6 Å². The topological polar surface area (TPSA) is 29.3 Å². The molecule has 9 aromatic rings. The Bertz CT molecular complexity index is 2510. The van der Waals surface area contributed by atoms with Gasteiger partial charge in [-0.1, -0.05) is 97.1 Å². The maximum atomic E-state index is 6.43. The number of benzene rings is 7. The second kappa shape index (κ2) is 9.82. The Morgan fingerprint density at radius 2 is 1.14 bits per heavy atom. The van der Waals surface area contributed by atoms with Crippen LogP contribution in [0.5, 0.6) is 0 Å². The van der Waals surface area contributed by atoms with Crippen molar-refractivity contribution in [1.29, 1.82) is 0 Å². The van der Waals surface area contributed by atoms with E-state index in [0.29, 0.717) is 5.71 Å². The van der Waals surface area contributed by atoms with E-state index in [2.05, 4.69) is 155 Å². The zero-order valence-electron chi connectivity index (χ0n) is 23.8. The van der Waals surface area contributed by atoms with Gasteiger partial charge in [0.05, 0.1) is 0 Å². The Morgan fingerprint density at radius 1 is 0.432 bits per heavy atom. The van der Waals surface area contributed by atoms with Crippen molar-refractivity contribution in [1.82, 2.24) is 4.98 Å². The van der Waals surface area contributed by atoms with Gasteiger partial charge in [0.15, 0.2) is 0 Å². The second-order valence-electron chi connectivity index (χ2n) is 11.3. The van der Waals surface area contributed by atoms with Crippen LogP contribution in [0.15, 0.2) is 162 Å². The molecular formula is C41H26N2O. The molecule has 0 bridgehead atoms. The van der Waals surface area contributed by atoms with Crippen LogP contribution in [0.25, 0.3) is 65.5 Å². The van der Waals surface area contributed by atoms with Crippen molar-refractivity contribution in [3.8, 4) is 11.1 Å². The number of pyridine rings is 1. The van der Waals surface area contributed by atoms with Gasteiger partial charge in [0.25, 0.3) is 0 Å². The Labute approximate surface area is 254 Å². The minimum atomic E-state index is 0.665. The fourth-order valence-electron chi connectivity index (χ4n) is 6.55. The summed E-state index contributed by atoms with van der Waals surface area (Å²) in [5, 5.41) is 9.11. The van der Waals surface area contributed by atoms with Crippen molar-refractivity contribution in [3.05, 3.63) is 158 Å². The minimum Gasteiger partial charge on any atom is -0.437 e. The highest BCUT2D eigenvalue weighted by atomic mass is 16.3. The van der Waals surface area contributed by atoms with Gasteiger partial charge in [-0.15, -0.1) is 0 Å². The lowest BCUT2D eigenvalue weighted by Gasteiger charge is -2.27. The molecule has 0 aliphatic carbocycles. The van der Waals surface area contributed by atoms with Crippen molar-refractivity contribution < 1.29 is 4.42 Å². The summed E-state index contributed by atoms with van der Waals surface area (Å²) in [6.07, 6.45) is 1.79. The van der Waals surface area contributed by atoms with Crippen LogP contribution in [-0.4, -0.2) is 4.98 Å². The molecule has 0 N–H and O–H groups in total. The molecule has 9 rings (SSSR count). The van der Waals surface area contributed by atoms with Crippen molar-refractivity contribution in [3.63, 3.8) is 0 Å². The Hall–Kier alpha value is -5.93. The first-order valence-corrected chi connectivity index (χ1v) is 14.9. The molecule has 0 atom stereocenters. The van der Waals surface area contributed by atoms with Gasteiger partial charge in [0, 0.05) is 39.4 Å². The van der Waals surface area contributed by atoms with Crippen molar-refractivity contribution in [2.45, 2.75) is 0 Å². The summed E-state index contributed by atoms with van der Waals surface area (Å²) in [5.74, 6) is 0. The van der Waals surface area contributed by atoms with E-state index >= 15 is 0 Å². The summed E-state index contributed by atoms with van der Waals surface area (Å²) in [6, 6.07) is 54.1. The van der Waals surface area contributed by atoms with Crippen LogP contribution in [0, 0.1) is 0 Å². The van der Waals surface area contributed by atoms with Gasteiger partial charge in [0.1, 0.15) is 5.58 Å². The second-order valence-corrected chi connectivity index (χ2v) is 11.3. The molecule has 7 aromatic carbocycles. The van der Waals surface area contributed by atoms with Gasteiger partial charge >= 0.3 is 0 Å². The number of nitrogens with zero attached hydrogens (tertiary/aromatic N) is 2. The standard InChI is InChI=1S/C41H26N2O/c1-2-8-27(9-3-1)32-12-6-13-33(24-32)43(34-20-17-28-10-4-5-11-31(28)25-34)35-21-18-29-15-16-30-19-22-36-37-14-7-23-42-41(37)44-40(36)39(30)38(29)26-35/h1-26H. The molecule has 0 fully saturated rings. The van der Waals surface area contributed by atoms with E-state index in [4.69, 9.17) is 4.42 Å². The quantitative estimate of drug-likeness (QED) is 0.200. The number of fused-ring (bicyclic) bond motifs is 8. The van der Waals surface area contributed by atoms with Crippen LogP contribution in [0.3, 0.4) is 0 Å². The van der Waals surface area contributed by atoms with Gasteiger partial charge in [-0.3, -0.25) is 0 Å². The molecule has 2 aromatic heterocycles. The van der Waals surface area contributed by atoms with E-state index < -0.39 is 0 Å². The van der Waals surface area contributed by atoms with Crippen molar-refractivity contribution >= 4 is 71.4 Å². The van der Waals surface area contributed by atoms with Gasteiger partial charge < -0.3 is 9.32 Å². The highest BCUT2D eigenvalue weighted by Crippen LogP contribution is 2.42. The smallest absolute Gasteiger partial charge is 0.227 e. The molecule has 206 valence electrons. The lowest BCUT2D eigenvalue weighted by molar-refractivity contribution is 0.658. The molecule has 0 radical (unpaired) electrons. The van der Waals surface area contributed by atoms with Gasteiger partial charge in [-0.05, 0) is 92.7 Å². The summed E-state index contributed by atoms with van der Waals surface area (Å²) >= 11 is 0. The molecule has 0 spiro atoms. The molecular weight excluding hydrogens is 536 g/mol. The van der Waals surface area contributed by atoms with Crippen LogP contribution >= 0.6 is 0 Å². The van der Waals surface area contributed by atoms with Crippen molar-refractivity contribution in [2.75, 3.05) is 4.90 Å². The summed E-state index contributed by atoms with van der Waals surface area (Å²) < 4.78 is 6.43. The van der Waals surface area contributed by atoms with E-state index in [-0.39, 0.29) is 0 Å². The number of anilines is 3. The van der Waals surface area contributed by atoms with E-state index in [1.165, 1.54) is 27.3 Å². The Morgan fingerprint density at radius 3 is 2.05 bits per heavy atom. The van der Waals surface area contributed by atoms with Crippen LogP contribution < -0.4 is 4.90 Å². The summed E-state index contributed by atoms with van der Waals surface area (Å²) in [6.45, 7) is 0. The Balaban J connectivity index is 1.31. The summed E-state index contributed by atoms with van der Waals surface area (Å²) in [7, 11) is 0. The maximum Gasteiger partial charge on any atom is 0.227 e. The maximum absolute atomic E-state index is 6.43. The molecule has 3 heteroatoms. The molecule has 0 amide bonds. The average Bonchev–Trinajstić information content (AvgIpc) is 3.48. The third-order valence-electron chi connectivity index (χ3n) is 8.66.